The molecule has 1 aromatic carbocycles. The number of piperidine rings is 1. The fourth-order valence-electron chi connectivity index (χ4n) is 3.01. The Morgan fingerprint density at radius 2 is 2.09 bits per heavy atom. The van der Waals surface area contributed by atoms with Crippen molar-refractivity contribution in [3.05, 3.63) is 40.9 Å². The van der Waals surface area contributed by atoms with Gasteiger partial charge in [0.1, 0.15) is 15.8 Å². The molecule has 3 rings (SSSR count). The van der Waals surface area contributed by atoms with Crippen LogP contribution < -0.4 is 4.74 Å². The smallest absolute Gasteiger partial charge is 0.273 e. The Morgan fingerprint density at radius 3 is 2.74 bits per heavy atom. The van der Waals surface area contributed by atoms with Gasteiger partial charge in [-0.25, -0.2) is 4.98 Å². The maximum absolute atomic E-state index is 12.5. The summed E-state index contributed by atoms with van der Waals surface area (Å²) in [7, 11) is 1.71. The molecule has 0 atom stereocenters. The van der Waals surface area contributed by atoms with E-state index in [1.54, 1.807) is 18.9 Å². The van der Waals surface area contributed by atoms with Crippen LogP contribution in [0, 0.1) is 0 Å². The average molecular weight is 348 g/mol. The highest BCUT2D eigenvalue weighted by Gasteiger charge is 2.27. The van der Waals surface area contributed by atoms with E-state index in [0.717, 1.165) is 36.0 Å². The lowest BCUT2D eigenvalue weighted by molar-refractivity contribution is 0.0707. The Morgan fingerprint density at radius 1 is 1.35 bits per heavy atom. The summed E-state index contributed by atoms with van der Waals surface area (Å²) in [5.41, 5.74) is 1.83. The van der Waals surface area contributed by atoms with Crippen LogP contribution >= 0.6 is 23.1 Å². The molecule has 6 heteroatoms. The summed E-state index contributed by atoms with van der Waals surface area (Å²) in [6.07, 6.45) is 3.91. The number of para-hydroxylation sites is 1. The van der Waals surface area contributed by atoms with Crippen LogP contribution in [-0.4, -0.2) is 42.2 Å². The van der Waals surface area contributed by atoms with Crippen molar-refractivity contribution in [3.8, 4) is 5.75 Å². The van der Waals surface area contributed by atoms with Crippen molar-refractivity contribution in [1.29, 1.82) is 0 Å². The van der Waals surface area contributed by atoms with Crippen LogP contribution in [0.1, 0.15) is 34.8 Å². The van der Waals surface area contributed by atoms with Gasteiger partial charge in [-0.15, -0.1) is 11.3 Å². The molecule has 23 heavy (non-hydrogen) atoms. The number of carbonyl (C=O) groups excluding carboxylic acids is 1. The summed E-state index contributed by atoms with van der Waals surface area (Å²) in [6.45, 7) is 1.54. The lowest BCUT2D eigenvalue weighted by Gasteiger charge is -2.32. The van der Waals surface area contributed by atoms with Crippen molar-refractivity contribution in [2.45, 2.75) is 23.1 Å². The normalized spacial score (nSPS) is 15.7. The zero-order valence-electron chi connectivity index (χ0n) is 13.3. The molecule has 0 spiro atoms. The number of carbonyl (C=O) groups is 1. The van der Waals surface area contributed by atoms with Crippen molar-refractivity contribution >= 4 is 29.0 Å². The third-order valence-corrected chi connectivity index (χ3v) is 6.10. The number of amides is 1. The van der Waals surface area contributed by atoms with Crippen LogP contribution in [-0.2, 0) is 0 Å². The van der Waals surface area contributed by atoms with Gasteiger partial charge in [0.15, 0.2) is 0 Å². The van der Waals surface area contributed by atoms with E-state index in [9.17, 15) is 4.79 Å². The molecule has 1 aliphatic rings. The van der Waals surface area contributed by atoms with E-state index in [1.165, 1.54) is 16.9 Å². The van der Waals surface area contributed by atoms with E-state index < -0.39 is 0 Å². The molecule has 0 saturated carbocycles. The number of methoxy groups -OCH3 is 1. The van der Waals surface area contributed by atoms with Crippen LogP contribution in [0.25, 0.3) is 0 Å². The number of aromatic nitrogens is 1. The van der Waals surface area contributed by atoms with Crippen molar-refractivity contribution in [1.82, 2.24) is 9.88 Å². The minimum absolute atomic E-state index is 0.0556. The first-order valence-electron chi connectivity index (χ1n) is 7.64. The van der Waals surface area contributed by atoms with Crippen molar-refractivity contribution in [2.75, 3.05) is 26.5 Å². The summed E-state index contributed by atoms with van der Waals surface area (Å²) in [5, 5.41) is 1.86. The predicted molar refractivity (Wildman–Crippen MR) is 94.8 cm³/mol. The number of hydrogen-bond acceptors (Lipinski definition) is 5. The number of ether oxygens (including phenoxy) is 1. The number of nitrogens with zero attached hydrogens (tertiary/aromatic N) is 2. The molecule has 4 nitrogen and oxygen atoms in total. The van der Waals surface area contributed by atoms with Crippen LogP contribution in [0.3, 0.4) is 0 Å². The zero-order chi connectivity index (χ0) is 16.2. The van der Waals surface area contributed by atoms with E-state index in [1.807, 2.05) is 28.7 Å². The highest BCUT2D eigenvalue weighted by molar-refractivity contribution is 8.00. The first kappa shape index (κ1) is 16.3. The molecule has 1 saturated heterocycles. The number of thiazole rings is 1. The predicted octanol–water partition coefficient (Wildman–Crippen LogP) is 3.89. The van der Waals surface area contributed by atoms with Gasteiger partial charge in [-0.1, -0.05) is 30.0 Å². The molecule has 0 N–H and O–H groups in total. The maximum atomic E-state index is 12.5. The zero-order valence-corrected chi connectivity index (χ0v) is 15.0. The summed E-state index contributed by atoms with van der Waals surface area (Å²) in [5.74, 6) is 1.45. The van der Waals surface area contributed by atoms with Gasteiger partial charge >= 0.3 is 0 Å². The van der Waals surface area contributed by atoms with Gasteiger partial charge < -0.3 is 9.64 Å². The fourth-order valence-corrected chi connectivity index (χ4v) is 4.24. The van der Waals surface area contributed by atoms with E-state index >= 15 is 0 Å². The molecule has 1 fully saturated rings. The van der Waals surface area contributed by atoms with Gasteiger partial charge in [-0.2, -0.15) is 0 Å². The molecule has 0 radical (unpaired) electrons. The Hall–Kier alpha value is -1.53. The fraction of sp³-hybridized carbons (Fsp3) is 0.412. The van der Waals surface area contributed by atoms with Gasteiger partial charge in [-0.3, -0.25) is 4.79 Å². The first-order chi connectivity index (χ1) is 11.2. The Kier molecular flexibility index (Phi) is 5.23. The quantitative estimate of drug-likeness (QED) is 0.786. The van der Waals surface area contributed by atoms with Gasteiger partial charge in [0.25, 0.3) is 5.91 Å². The van der Waals surface area contributed by atoms with Crippen LogP contribution in [0.5, 0.6) is 5.75 Å². The second kappa shape index (κ2) is 7.36. The molecule has 1 aliphatic heterocycles. The highest BCUT2D eigenvalue weighted by Crippen LogP contribution is 2.34. The van der Waals surface area contributed by atoms with Crippen LogP contribution in [0.15, 0.2) is 34.0 Å². The minimum atomic E-state index is 0.0556. The van der Waals surface area contributed by atoms with Crippen molar-refractivity contribution in [3.63, 3.8) is 0 Å². The van der Waals surface area contributed by atoms with E-state index in [0.29, 0.717) is 11.6 Å². The van der Waals surface area contributed by atoms with Crippen LogP contribution in [0.4, 0.5) is 0 Å². The third kappa shape index (κ3) is 3.53. The molecule has 1 aromatic heterocycles. The lowest BCUT2D eigenvalue weighted by atomic mass is 9.88. The second-order valence-electron chi connectivity index (χ2n) is 5.51. The molecular weight excluding hydrogens is 328 g/mol. The Bertz CT molecular complexity index is 679. The number of likely N-dealkylation sites (tertiary alicyclic amines) is 1. The lowest BCUT2D eigenvalue weighted by Crippen LogP contribution is -2.38. The number of rotatable bonds is 4. The Balaban J connectivity index is 1.65. The average Bonchev–Trinajstić information content (AvgIpc) is 3.10. The summed E-state index contributed by atoms with van der Waals surface area (Å²) in [6, 6.07) is 8.18. The first-order valence-corrected chi connectivity index (χ1v) is 9.75. The number of benzene rings is 1. The standard InChI is InChI=1S/C17H20N2O2S2/c1-21-15-6-4-3-5-13(15)12-7-9-19(10-8-12)16(20)14-11-23-17(18-14)22-2/h3-6,11-12H,7-10H2,1-2H3. The van der Waals surface area contributed by atoms with Gasteiger partial charge in [0, 0.05) is 18.5 Å². The molecular formula is C17H20N2O2S2. The van der Waals surface area contributed by atoms with Gasteiger partial charge in [-0.05, 0) is 36.6 Å². The molecule has 0 unspecified atom stereocenters. The number of thioether (sulfide) groups is 1. The highest BCUT2D eigenvalue weighted by atomic mass is 32.2. The van der Waals surface area contributed by atoms with Crippen molar-refractivity contribution < 1.29 is 9.53 Å². The SMILES string of the molecule is COc1ccccc1C1CCN(C(=O)c2csc(SC)n2)CC1. The van der Waals surface area contributed by atoms with Crippen molar-refractivity contribution in [2.24, 2.45) is 0 Å². The molecule has 0 bridgehead atoms. The molecule has 2 heterocycles. The minimum Gasteiger partial charge on any atom is -0.496 e. The van der Waals surface area contributed by atoms with E-state index in [2.05, 4.69) is 17.1 Å². The molecule has 2 aromatic rings. The summed E-state index contributed by atoms with van der Waals surface area (Å²) >= 11 is 3.11. The van der Waals surface area contributed by atoms with E-state index in [-0.39, 0.29) is 5.91 Å². The summed E-state index contributed by atoms with van der Waals surface area (Å²) in [4.78, 5) is 18.8. The number of hydrogen-bond donors (Lipinski definition) is 0. The van der Waals surface area contributed by atoms with Gasteiger partial charge in [0.05, 0.1) is 7.11 Å². The monoisotopic (exact) mass is 348 g/mol. The second-order valence-corrected chi connectivity index (χ2v) is 7.42. The van der Waals surface area contributed by atoms with Crippen LogP contribution in [0.2, 0.25) is 0 Å². The largest absolute Gasteiger partial charge is 0.496 e. The maximum Gasteiger partial charge on any atom is 0.273 e. The summed E-state index contributed by atoms with van der Waals surface area (Å²) < 4.78 is 6.41. The van der Waals surface area contributed by atoms with E-state index in [4.69, 9.17) is 4.74 Å². The molecule has 1 amide bonds. The molecule has 122 valence electrons. The molecule has 0 aliphatic carbocycles. The third-order valence-electron chi connectivity index (χ3n) is 4.24. The topological polar surface area (TPSA) is 42.4 Å². The Labute approximate surface area is 144 Å². The van der Waals surface area contributed by atoms with Gasteiger partial charge in [0.2, 0.25) is 0 Å².